The number of H-pyrrole nitrogens is 1. The van der Waals surface area contributed by atoms with Gasteiger partial charge in [0.1, 0.15) is 17.3 Å². The molecule has 0 aliphatic rings. The Morgan fingerprint density at radius 1 is 1.14 bits per heavy atom. The second kappa shape index (κ2) is 7.07. The predicted octanol–water partition coefficient (Wildman–Crippen LogP) is 3.61. The Labute approximate surface area is 158 Å². The van der Waals surface area contributed by atoms with Crippen LogP contribution in [0.5, 0.6) is 0 Å². The molecular formula is C20H15F2N5O. The summed E-state index contributed by atoms with van der Waals surface area (Å²) < 4.78 is 26.8. The minimum atomic E-state index is -0.673. The number of carbonyl (C=O) groups excluding carboxylic acids is 1. The van der Waals surface area contributed by atoms with Crippen LogP contribution in [0.4, 0.5) is 14.5 Å². The van der Waals surface area contributed by atoms with E-state index in [1.807, 2.05) is 12.1 Å². The van der Waals surface area contributed by atoms with Gasteiger partial charge in [0.05, 0.1) is 16.9 Å². The van der Waals surface area contributed by atoms with E-state index in [4.69, 9.17) is 5.73 Å². The van der Waals surface area contributed by atoms with Crippen molar-refractivity contribution in [2.45, 2.75) is 6.54 Å². The molecule has 0 saturated carbocycles. The number of nitrogens with two attached hydrogens (primary N) is 1. The largest absolute Gasteiger partial charge is 0.380 e. The number of nitrogens with zero attached hydrogens (tertiary/aromatic N) is 2. The first kappa shape index (κ1) is 17.6. The van der Waals surface area contributed by atoms with Crippen molar-refractivity contribution in [3.8, 4) is 11.3 Å². The van der Waals surface area contributed by atoms with Gasteiger partial charge in [-0.15, -0.1) is 0 Å². The maximum atomic E-state index is 13.4. The second-order valence-corrected chi connectivity index (χ2v) is 6.21. The number of pyridine rings is 2. The standard InChI is InChI=1S/C20H15F2N5O/c21-12-4-11(5-13(22)6-12)8-25-18-7-17(26-10-16(18)19(23)28)15-9-27-20-14(15)2-1-3-24-20/h1-7,9-10H,8H2,(H2,23,28)(H,24,27)(H,25,26). The van der Waals surface area contributed by atoms with Crippen LogP contribution in [0.3, 0.4) is 0 Å². The number of aromatic amines is 1. The summed E-state index contributed by atoms with van der Waals surface area (Å²) in [6, 6.07) is 8.62. The molecule has 8 heteroatoms. The molecule has 0 spiro atoms. The molecule has 0 unspecified atom stereocenters. The van der Waals surface area contributed by atoms with Crippen LogP contribution in [0.1, 0.15) is 15.9 Å². The highest BCUT2D eigenvalue weighted by atomic mass is 19.1. The molecule has 0 bridgehead atoms. The third kappa shape index (κ3) is 3.39. The number of rotatable bonds is 5. The number of benzene rings is 1. The second-order valence-electron chi connectivity index (χ2n) is 6.21. The number of amides is 1. The average Bonchev–Trinajstić information content (AvgIpc) is 3.09. The summed E-state index contributed by atoms with van der Waals surface area (Å²) in [4.78, 5) is 23.4. The zero-order chi connectivity index (χ0) is 19.7. The quantitative estimate of drug-likeness (QED) is 0.493. The van der Waals surface area contributed by atoms with Gasteiger partial charge in [0.2, 0.25) is 0 Å². The Kier molecular flexibility index (Phi) is 4.44. The number of hydrogen-bond donors (Lipinski definition) is 3. The number of fused-ring (bicyclic) bond motifs is 1. The number of anilines is 1. The molecule has 3 aromatic heterocycles. The number of nitrogens with one attached hydrogen (secondary N) is 2. The van der Waals surface area contributed by atoms with Crippen molar-refractivity contribution in [2.75, 3.05) is 5.32 Å². The lowest BCUT2D eigenvalue weighted by Gasteiger charge is -2.12. The Hall–Kier alpha value is -3.81. The molecule has 4 rings (SSSR count). The van der Waals surface area contributed by atoms with Crippen molar-refractivity contribution in [3.05, 3.63) is 77.8 Å². The molecule has 0 radical (unpaired) electrons. The van der Waals surface area contributed by atoms with Crippen molar-refractivity contribution in [2.24, 2.45) is 5.73 Å². The van der Waals surface area contributed by atoms with Gasteiger partial charge in [0.15, 0.2) is 0 Å². The molecule has 4 N–H and O–H groups in total. The molecule has 0 aliphatic heterocycles. The highest BCUT2D eigenvalue weighted by Gasteiger charge is 2.14. The van der Waals surface area contributed by atoms with E-state index in [-0.39, 0.29) is 12.1 Å². The molecular weight excluding hydrogens is 364 g/mol. The van der Waals surface area contributed by atoms with Crippen LogP contribution < -0.4 is 11.1 Å². The van der Waals surface area contributed by atoms with Gasteiger partial charge in [-0.3, -0.25) is 9.78 Å². The van der Waals surface area contributed by atoms with Crippen LogP contribution in [0, 0.1) is 11.6 Å². The Morgan fingerprint density at radius 2 is 1.93 bits per heavy atom. The number of carbonyl (C=O) groups is 1. The first-order chi connectivity index (χ1) is 13.5. The number of aromatic nitrogens is 3. The van der Waals surface area contributed by atoms with E-state index in [0.29, 0.717) is 22.6 Å². The summed E-state index contributed by atoms with van der Waals surface area (Å²) in [5.74, 6) is -2.00. The zero-order valence-corrected chi connectivity index (χ0v) is 14.5. The zero-order valence-electron chi connectivity index (χ0n) is 14.5. The van der Waals surface area contributed by atoms with Crippen molar-refractivity contribution in [1.29, 1.82) is 0 Å². The molecule has 1 amide bonds. The minimum Gasteiger partial charge on any atom is -0.380 e. The molecule has 1 aromatic carbocycles. The molecule has 0 aliphatic carbocycles. The highest BCUT2D eigenvalue weighted by molar-refractivity contribution is 6.00. The SMILES string of the molecule is NC(=O)c1cnc(-c2c[nH]c3ncccc23)cc1NCc1cc(F)cc(F)c1. The lowest BCUT2D eigenvalue weighted by Crippen LogP contribution is -2.15. The van der Waals surface area contributed by atoms with Crippen LogP contribution in [0.2, 0.25) is 0 Å². The molecule has 140 valence electrons. The molecule has 4 aromatic rings. The van der Waals surface area contributed by atoms with E-state index in [9.17, 15) is 13.6 Å². The summed E-state index contributed by atoms with van der Waals surface area (Å²) in [6.07, 6.45) is 4.83. The first-order valence-electron chi connectivity index (χ1n) is 8.42. The van der Waals surface area contributed by atoms with Gasteiger partial charge in [0, 0.05) is 42.2 Å². The van der Waals surface area contributed by atoms with Gasteiger partial charge in [-0.2, -0.15) is 0 Å². The van der Waals surface area contributed by atoms with Crippen LogP contribution in [-0.2, 0) is 6.54 Å². The molecule has 28 heavy (non-hydrogen) atoms. The fraction of sp³-hybridized carbons (Fsp3) is 0.0500. The fourth-order valence-electron chi connectivity index (χ4n) is 3.02. The molecule has 0 fully saturated rings. The Morgan fingerprint density at radius 3 is 2.68 bits per heavy atom. The van der Waals surface area contributed by atoms with Crippen LogP contribution in [0.25, 0.3) is 22.3 Å². The molecule has 0 saturated heterocycles. The van der Waals surface area contributed by atoms with Crippen molar-refractivity contribution >= 4 is 22.6 Å². The summed E-state index contributed by atoms with van der Waals surface area (Å²) in [7, 11) is 0. The Bertz CT molecular complexity index is 1170. The maximum absolute atomic E-state index is 13.4. The van der Waals surface area contributed by atoms with E-state index in [2.05, 4.69) is 20.3 Å². The molecule has 6 nitrogen and oxygen atoms in total. The van der Waals surface area contributed by atoms with Crippen molar-refractivity contribution < 1.29 is 13.6 Å². The number of halogens is 2. The van der Waals surface area contributed by atoms with E-state index in [1.165, 1.54) is 18.3 Å². The van der Waals surface area contributed by atoms with Gasteiger partial charge >= 0.3 is 0 Å². The summed E-state index contributed by atoms with van der Waals surface area (Å²) in [6.45, 7) is 0.105. The third-order valence-corrected chi connectivity index (χ3v) is 4.30. The third-order valence-electron chi connectivity index (χ3n) is 4.30. The van der Waals surface area contributed by atoms with Gasteiger partial charge in [-0.05, 0) is 35.9 Å². The Balaban J connectivity index is 1.71. The van der Waals surface area contributed by atoms with Crippen LogP contribution >= 0.6 is 0 Å². The maximum Gasteiger partial charge on any atom is 0.252 e. The molecule has 0 atom stereocenters. The normalized spacial score (nSPS) is 10.9. The van der Waals surface area contributed by atoms with Gasteiger partial charge in [-0.25, -0.2) is 13.8 Å². The monoisotopic (exact) mass is 379 g/mol. The minimum absolute atomic E-state index is 0.105. The smallest absolute Gasteiger partial charge is 0.252 e. The predicted molar refractivity (Wildman–Crippen MR) is 102 cm³/mol. The fourth-order valence-corrected chi connectivity index (χ4v) is 3.02. The number of hydrogen-bond acceptors (Lipinski definition) is 4. The summed E-state index contributed by atoms with van der Waals surface area (Å²) >= 11 is 0. The van der Waals surface area contributed by atoms with E-state index in [0.717, 1.165) is 17.0 Å². The van der Waals surface area contributed by atoms with Gasteiger partial charge in [-0.1, -0.05) is 0 Å². The van der Waals surface area contributed by atoms with E-state index >= 15 is 0 Å². The number of primary amides is 1. The van der Waals surface area contributed by atoms with E-state index < -0.39 is 17.5 Å². The lowest BCUT2D eigenvalue weighted by atomic mass is 10.1. The van der Waals surface area contributed by atoms with E-state index in [1.54, 1.807) is 18.5 Å². The summed E-state index contributed by atoms with van der Waals surface area (Å²) in [5.41, 5.74) is 8.53. The van der Waals surface area contributed by atoms with Gasteiger partial charge < -0.3 is 16.0 Å². The van der Waals surface area contributed by atoms with Gasteiger partial charge in [0.25, 0.3) is 5.91 Å². The average molecular weight is 379 g/mol. The van der Waals surface area contributed by atoms with Crippen molar-refractivity contribution in [3.63, 3.8) is 0 Å². The van der Waals surface area contributed by atoms with Crippen LogP contribution in [0.15, 0.2) is 55.0 Å². The first-order valence-corrected chi connectivity index (χ1v) is 8.42. The highest BCUT2D eigenvalue weighted by Crippen LogP contribution is 2.29. The van der Waals surface area contributed by atoms with Crippen molar-refractivity contribution in [1.82, 2.24) is 15.0 Å². The summed E-state index contributed by atoms with van der Waals surface area (Å²) in [5, 5.41) is 3.89. The molecule has 3 heterocycles. The lowest BCUT2D eigenvalue weighted by molar-refractivity contribution is 0.100. The topological polar surface area (TPSA) is 96.7 Å². The van der Waals surface area contributed by atoms with Crippen LogP contribution in [-0.4, -0.2) is 20.9 Å².